The lowest BCUT2D eigenvalue weighted by molar-refractivity contribution is 0.101. The van der Waals surface area contributed by atoms with Gasteiger partial charge >= 0.3 is 0 Å². The summed E-state index contributed by atoms with van der Waals surface area (Å²) in [5, 5.41) is 9.97. The average Bonchev–Trinajstić information content (AvgIpc) is 2.45. The standard InChI is InChI=1S/C17H25ClO2/c1-4-5-6-7-8-12(2)14-9-13(3)17(20)15(10-14)16(19)11-18/h9-10,12,20H,4-8,11H2,1-3H3. The SMILES string of the molecule is CCCCCCC(C)c1cc(C)c(O)c(C(=O)CCl)c1. The lowest BCUT2D eigenvalue weighted by atomic mass is 9.91. The summed E-state index contributed by atoms with van der Waals surface area (Å²) in [5.41, 5.74) is 2.22. The Hall–Kier alpha value is -1.02. The number of phenols is 1. The first kappa shape index (κ1) is 17.0. The van der Waals surface area contributed by atoms with Crippen molar-refractivity contribution >= 4 is 17.4 Å². The minimum absolute atomic E-state index is 0.0672. The lowest BCUT2D eigenvalue weighted by Gasteiger charge is -2.15. The van der Waals surface area contributed by atoms with Crippen molar-refractivity contribution in [2.24, 2.45) is 0 Å². The number of ketones is 1. The second-order valence-corrected chi connectivity index (χ2v) is 5.81. The number of benzene rings is 1. The maximum atomic E-state index is 11.8. The summed E-state index contributed by atoms with van der Waals surface area (Å²) >= 11 is 5.60. The first-order valence-electron chi connectivity index (χ1n) is 7.43. The molecular formula is C17H25ClO2. The molecule has 0 heterocycles. The molecule has 0 aliphatic heterocycles. The van der Waals surface area contributed by atoms with Crippen LogP contribution in [0.1, 0.15) is 73.4 Å². The van der Waals surface area contributed by atoms with Crippen LogP contribution in [0.5, 0.6) is 5.75 Å². The summed E-state index contributed by atoms with van der Waals surface area (Å²) in [5.74, 6) is 0.152. The molecule has 2 nitrogen and oxygen atoms in total. The number of aryl methyl sites for hydroxylation is 1. The van der Waals surface area contributed by atoms with E-state index < -0.39 is 0 Å². The highest BCUT2D eigenvalue weighted by Gasteiger charge is 2.16. The number of hydrogen-bond acceptors (Lipinski definition) is 2. The van der Waals surface area contributed by atoms with Gasteiger partial charge in [0.1, 0.15) is 5.75 Å². The maximum absolute atomic E-state index is 11.8. The van der Waals surface area contributed by atoms with Crippen LogP contribution in [0.15, 0.2) is 12.1 Å². The predicted octanol–water partition coefficient (Wildman–Crippen LogP) is 5.20. The number of unbranched alkanes of at least 4 members (excludes halogenated alkanes) is 3. The van der Waals surface area contributed by atoms with Crippen molar-refractivity contribution in [3.05, 3.63) is 28.8 Å². The number of rotatable bonds is 8. The minimum Gasteiger partial charge on any atom is -0.507 e. The highest BCUT2D eigenvalue weighted by atomic mass is 35.5. The number of carbonyl (C=O) groups is 1. The van der Waals surface area contributed by atoms with Gasteiger partial charge in [-0.15, -0.1) is 11.6 Å². The molecule has 1 N–H and O–H groups in total. The molecule has 1 aromatic rings. The van der Waals surface area contributed by atoms with Gasteiger partial charge < -0.3 is 5.11 Å². The largest absolute Gasteiger partial charge is 0.507 e. The van der Waals surface area contributed by atoms with Crippen LogP contribution in [0, 0.1) is 6.92 Å². The van der Waals surface area contributed by atoms with Gasteiger partial charge in [-0.25, -0.2) is 0 Å². The molecule has 0 amide bonds. The number of halogens is 1. The third-order valence-electron chi connectivity index (χ3n) is 3.80. The van der Waals surface area contributed by atoms with Crippen LogP contribution in [-0.2, 0) is 0 Å². The molecule has 0 fully saturated rings. The molecule has 1 atom stereocenters. The third kappa shape index (κ3) is 4.52. The molecule has 0 saturated heterocycles. The molecule has 1 aromatic carbocycles. The second-order valence-electron chi connectivity index (χ2n) is 5.54. The highest BCUT2D eigenvalue weighted by Crippen LogP contribution is 2.30. The number of hydrogen-bond donors (Lipinski definition) is 1. The predicted molar refractivity (Wildman–Crippen MR) is 85.1 cm³/mol. The minimum atomic E-state index is -0.215. The van der Waals surface area contributed by atoms with Gasteiger partial charge in [0.05, 0.1) is 11.4 Å². The molecule has 0 aliphatic carbocycles. The van der Waals surface area contributed by atoms with Crippen LogP contribution < -0.4 is 0 Å². The summed E-state index contributed by atoms with van der Waals surface area (Å²) in [6.07, 6.45) is 6.08. The van der Waals surface area contributed by atoms with Crippen LogP contribution >= 0.6 is 11.6 Å². The number of aromatic hydroxyl groups is 1. The molecule has 0 aromatic heterocycles. The fraction of sp³-hybridized carbons (Fsp3) is 0.588. The molecule has 20 heavy (non-hydrogen) atoms. The molecule has 0 saturated carbocycles. The fourth-order valence-electron chi connectivity index (χ4n) is 2.42. The Morgan fingerprint density at radius 3 is 2.60 bits per heavy atom. The van der Waals surface area contributed by atoms with E-state index in [1.54, 1.807) is 6.07 Å². The molecule has 0 bridgehead atoms. The van der Waals surface area contributed by atoms with Crippen molar-refractivity contribution in [1.29, 1.82) is 0 Å². The summed E-state index contributed by atoms with van der Waals surface area (Å²) in [7, 11) is 0. The van der Waals surface area contributed by atoms with Gasteiger partial charge in [-0.3, -0.25) is 4.79 Å². The van der Waals surface area contributed by atoms with Gasteiger partial charge in [0.2, 0.25) is 0 Å². The van der Waals surface area contributed by atoms with E-state index in [9.17, 15) is 9.90 Å². The molecule has 3 heteroatoms. The Morgan fingerprint density at radius 2 is 2.00 bits per heavy atom. The highest BCUT2D eigenvalue weighted by molar-refractivity contribution is 6.30. The van der Waals surface area contributed by atoms with Gasteiger partial charge in [0, 0.05) is 0 Å². The van der Waals surface area contributed by atoms with Gasteiger partial charge in [0.15, 0.2) is 5.78 Å². The van der Waals surface area contributed by atoms with E-state index in [0.29, 0.717) is 11.5 Å². The topological polar surface area (TPSA) is 37.3 Å². The first-order chi connectivity index (χ1) is 9.51. The first-order valence-corrected chi connectivity index (χ1v) is 7.97. The van der Waals surface area contributed by atoms with Crippen molar-refractivity contribution in [2.45, 2.75) is 58.8 Å². The molecule has 1 unspecified atom stereocenters. The Bertz CT molecular complexity index is 455. The van der Waals surface area contributed by atoms with Crippen LogP contribution in [0.2, 0.25) is 0 Å². The van der Waals surface area contributed by atoms with E-state index >= 15 is 0 Å². The Balaban J connectivity index is 2.84. The number of phenolic OH excluding ortho intramolecular Hbond substituents is 1. The molecule has 0 radical (unpaired) electrons. The lowest BCUT2D eigenvalue weighted by Crippen LogP contribution is -2.04. The van der Waals surface area contributed by atoms with E-state index in [2.05, 4.69) is 13.8 Å². The number of Topliss-reactive ketones (excluding diaryl/α,β-unsaturated/α-hetero) is 1. The summed E-state index contributed by atoms with van der Waals surface area (Å²) in [6.45, 7) is 6.21. The average molecular weight is 297 g/mol. The normalized spacial score (nSPS) is 12.4. The van der Waals surface area contributed by atoms with E-state index in [1.165, 1.54) is 25.7 Å². The van der Waals surface area contributed by atoms with Crippen molar-refractivity contribution in [3.8, 4) is 5.75 Å². The van der Waals surface area contributed by atoms with E-state index in [0.717, 1.165) is 17.5 Å². The van der Waals surface area contributed by atoms with Gasteiger partial charge in [-0.2, -0.15) is 0 Å². The molecular weight excluding hydrogens is 272 g/mol. The second kappa shape index (κ2) is 8.31. The van der Waals surface area contributed by atoms with Crippen LogP contribution in [-0.4, -0.2) is 16.8 Å². The Kier molecular flexibility index (Phi) is 7.08. The van der Waals surface area contributed by atoms with E-state index in [1.807, 2.05) is 13.0 Å². The van der Waals surface area contributed by atoms with Gasteiger partial charge in [-0.1, -0.05) is 45.6 Å². The van der Waals surface area contributed by atoms with E-state index in [-0.39, 0.29) is 17.4 Å². The summed E-state index contributed by atoms with van der Waals surface area (Å²) in [4.78, 5) is 11.8. The fourth-order valence-corrected chi connectivity index (χ4v) is 2.56. The number of carbonyl (C=O) groups excluding carboxylic acids is 1. The van der Waals surface area contributed by atoms with E-state index in [4.69, 9.17) is 11.6 Å². The summed E-state index contributed by atoms with van der Waals surface area (Å²) in [6, 6.07) is 3.78. The quantitative estimate of drug-likeness (QED) is 0.407. The summed E-state index contributed by atoms with van der Waals surface area (Å²) < 4.78 is 0. The molecule has 0 aliphatic rings. The zero-order chi connectivity index (χ0) is 15.1. The molecule has 0 spiro atoms. The molecule has 1 rings (SSSR count). The van der Waals surface area contributed by atoms with Gasteiger partial charge in [0.25, 0.3) is 0 Å². The molecule has 112 valence electrons. The third-order valence-corrected chi connectivity index (χ3v) is 4.05. The van der Waals surface area contributed by atoms with Crippen LogP contribution in [0.4, 0.5) is 0 Å². The van der Waals surface area contributed by atoms with Crippen LogP contribution in [0.25, 0.3) is 0 Å². The van der Waals surface area contributed by atoms with Gasteiger partial charge in [-0.05, 0) is 36.5 Å². The van der Waals surface area contributed by atoms with Crippen molar-refractivity contribution in [3.63, 3.8) is 0 Å². The van der Waals surface area contributed by atoms with Crippen molar-refractivity contribution < 1.29 is 9.90 Å². The smallest absolute Gasteiger partial charge is 0.181 e. The van der Waals surface area contributed by atoms with Crippen molar-refractivity contribution in [1.82, 2.24) is 0 Å². The Labute approximate surface area is 127 Å². The van der Waals surface area contributed by atoms with Crippen LogP contribution in [0.3, 0.4) is 0 Å². The zero-order valence-corrected chi connectivity index (χ0v) is 13.5. The Morgan fingerprint density at radius 1 is 1.30 bits per heavy atom. The van der Waals surface area contributed by atoms with Crippen molar-refractivity contribution in [2.75, 3.05) is 5.88 Å². The zero-order valence-electron chi connectivity index (χ0n) is 12.7. The monoisotopic (exact) mass is 296 g/mol. The maximum Gasteiger partial charge on any atom is 0.181 e. The number of alkyl halides is 1.